The number of benzene rings is 3. The Morgan fingerprint density at radius 3 is 1.33 bits per heavy atom. The van der Waals surface area contributed by atoms with Crippen molar-refractivity contribution >= 4 is 35.7 Å². The molecule has 24 heavy (non-hydrogen) atoms. The van der Waals surface area contributed by atoms with Gasteiger partial charge in [0.25, 0.3) is 0 Å². The van der Waals surface area contributed by atoms with Gasteiger partial charge in [0.2, 0.25) is 0 Å². The minimum atomic E-state index is 0.677. The third-order valence-electron chi connectivity index (χ3n) is 3.80. The minimum Gasteiger partial charge on any atom is -0.398 e. The largest absolute Gasteiger partial charge is 0.398 e. The Morgan fingerprint density at radius 2 is 0.917 bits per heavy atom. The number of hydrogen-bond acceptors (Lipinski definition) is 2. The Kier molecular flexibility index (Phi) is 4.78. The van der Waals surface area contributed by atoms with Crippen molar-refractivity contribution < 1.29 is 0 Å². The van der Waals surface area contributed by atoms with Gasteiger partial charge in [0.05, 0.1) is 0 Å². The van der Waals surface area contributed by atoms with Crippen LogP contribution in [0.5, 0.6) is 0 Å². The Bertz CT molecular complexity index is 792. The molecular formula is C22H20N2. The fraction of sp³-hybridized carbons (Fsp3) is 0. The van der Waals surface area contributed by atoms with E-state index >= 15 is 0 Å². The van der Waals surface area contributed by atoms with Crippen LogP contribution >= 0.6 is 0 Å². The number of rotatable bonds is 4. The SMILES string of the molecule is Nc1cc(N)c(C=Cc2ccccc2)cc1C=Cc1ccccc1. The molecular weight excluding hydrogens is 292 g/mol. The molecule has 4 N–H and O–H groups in total. The number of hydrogen-bond donors (Lipinski definition) is 2. The third kappa shape index (κ3) is 3.93. The summed E-state index contributed by atoms with van der Waals surface area (Å²) in [5.74, 6) is 0. The Labute approximate surface area is 142 Å². The third-order valence-corrected chi connectivity index (χ3v) is 3.80. The lowest BCUT2D eigenvalue weighted by Crippen LogP contribution is -1.96. The first-order chi connectivity index (χ1) is 11.7. The predicted octanol–water partition coefficient (Wildman–Crippen LogP) is 5.19. The molecule has 3 rings (SSSR count). The van der Waals surface area contributed by atoms with Crippen molar-refractivity contribution in [3.63, 3.8) is 0 Å². The van der Waals surface area contributed by atoms with E-state index in [0.29, 0.717) is 11.4 Å². The van der Waals surface area contributed by atoms with Crippen LogP contribution in [0.4, 0.5) is 11.4 Å². The van der Waals surface area contributed by atoms with Crippen LogP contribution in [0.1, 0.15) is 22.3 Å². The van der Waals surface area contributed by atoms with E-state index in [-0.39, 0.29) is 0 Å². The van der Waals surface area contributed by atoms with Gasteiger partial charge < -0.3 is 11.5 Å². The Balaban J connectivity index is 1.89. The minimum absolute atomic E-state index is 0.677. The highest BCUT2D eigenvalue weighted by molar-refractivity contribution is 5.84. The summed E-state index contributed by atoms with van der Waals surface area (Å²) in [4.78, 5) is 0. The molecule has 0 aliphatic heterocycles. The van der Waals surface area contributed by atoms with Crippen LogP contribution in [-0.2, 0) is 0 Å². The van der Waals surface area contributed by atoms with Crippen LogP contribution in [0.2, 0.25) is 0 Å². The smallest absolute Gasteiger partial charge is 0.0408 e. The second-order valence-electron chi connectivity index (χ2n) is 5.60. The molecule has 0 aliphatic carbocycles. The van der Waals surface area contributed by atoms with Gasteiger partial charge in [0.15, 0.2) is 0 Å². The lowest BCUT2D eigenvalue weighted by atomic mass is 10.0. The van der Waals surface area contributed by atoms with Crippen molar-refractivity contribution in [2.24, 2.45) is 0 Å². The first-order valence-corrected chi connectivity index (χ1v) is 7.87. The summed E-state index contributed by atoms with van der Waals surface area (Å²) in [7, 11) is 0. The standard InChI is InChI=1S/C22H20N2/c23-21-16-22(24)20(14-12-18-9-5-2-6-10-18)15-19(21)13-11-17-7-3-1-4-8-17/h1-16H,23-24H2. The van der Waals surface area contributed by atoms with Crippen molar-refractivity contribution in [3.8, 4) is 0 Å². The molecule has 3 aromatic rings. The first kappa shape index (κ1) is 15.6. The molecule has 0 radical (unpaired) electrons. The zero-order valence-corrected chi connectivity index (χ0v) is 13.4. The van der Waals surface area contributed by atoms with Crippen molar-refractivity contribution in [3.05, 3.63) is 95.1 Å². The first-order valence-electron chi connectivity index (χ1n) is 7.87. The van der Waals surface area contributed by atoms with Crippen LogP contribution in [0.15, 0.2) is 72.8 Å². The normalized spacial score (nSPS) is 11.3. The van der Waals surface area contributed by atoms with Crippen LogP contribution in [0.25, 0.3) is 24.3 Å². The molecule has 0 fully saturated rings. The summed E-state index contributed by atoms with van der Waals surface area (Å²) in [6.45, 7) is 0. The zero-order valence-electron chi connectivity index (χ0n) is 13.4. The van der Waals surface area contributed by atoms with Crippen molar-refractivity contribution in [2.75, 3.05) is 11.5 Å². The van der Waals surface area contributed by atoms with E-state index in [4.69, 9.17) is 11.5 Å². The average molecular weight is 312 g/mol. The highest BCUT2D eigenvalue weighted by Crippen LogP contribution is 2.25. The molecule has 0 spiro atoms. The van der Waals surface area contributed by atoms with Crippen molar-refractivity contribution in [2.45, 2.75) is 0 Å². The molecule has 0 aliphatic rings. The van der Waals surface area contributed by atoms with Gasteiger partial charge in [-0.15, -0.1) is 0 Å². The van der Waals surface area contributed by atoms with Crippen molar-refractivity contribution in [1.29, 1.82) is 0 Å². The predicted molar refractivity (Wildman–Crippen MR) is 106 cm³/mol. The maximum absolute atomic E-state index is 6.11. The molecule has 0 saturated carbocycles. The second-order valence-corrected chi connectivity index (χ2v) is 5.60. The molecule has 0 saturated heterocycles. The molecule has 0 unspecified atom stereocenters. The molecule has 118 valence electrons. The maximum Gasteiger partial charge on any atom is 0.0408 e. The van der Waals surface area contributed by atoms with Crippen LogP contribution < -0.4 is 11.5 Å². The summed E-state index contributed by atoms with van der Waals surface area (Å²) in [6, 6.07) is 24.1. The van der Waals surface area contributed by atoms with Gasteiger partial charge in [-0.2, -0.15) is 0 Å². The summed E-state index contributed by atoms with van der Waals surface area (Å²) < 4.78 is 0. The zero-order chi connectivity index (χ0) is 16.8. The van der Waals surface area contributed by atoms with E-state index in [9.17, 15) is 0 Å². The summed E-state index contributed by atoms with van der Waals surface area (Å²) in [5, 5.41) is 0. The second kappa shape index (κ2) is 7.34. The quantitative estimate of drug-likeness (QED) is 0.514. The molecule has 0 amide bonds. The average Bonchev–Trinajstić information content (AvgIpc) is 2.62. The van der Waals surface area contributed by atoms with Crippen molar-refractivity contribution in [1.82, 2.24) is 0 Å². The Morgan fingerprint density at radius 1 is 0.500 bits per heavy atom. The summed E-state index contributed by atoms with van der Waals surface area (Å²) >= 11 is 0. The molecule has 0 aromatic heterocycles. The van der Waals surface area contributed by atoms with Crippen LogP contribution in [0, 0.1) is 0 Å². The van der Waals surface area contributed by atoms with E-state index < -0.39 is 0 Å². The van der Waals surface area contributed by atoms with E-state index in [1.165, 1.54) is 0 Å². The lowest BCUT2D eigenvalue weighted by Gasteiger charge is -2.07. The monoisotopic (exact) mass is 312 g/mol. The number of nitrogen functional groups attached to an aromatic ring is 2. The number of anilines is 2. The molecule has 2 heteroatoms. The molecule has 2 nitrogen and oxygen atoms in total. The van der Waals surface area contributed by atoms with Gasteiger partial charge in [-0.1, -0.05) is 85.0 Å². The van der Waals surface area contributed by atoms with E-state index in [1.54, 1.807) is 0 Å². The van der Waals surface area contributed by atoms with E-state index in [2.05, 4.69) is 24.3 Å². The van der Waals surface area contributed by atoms with E-state index in [1.807, 2.05) is 72.8 Å². The van der Waals surface area contributed by atoms with Gasteiger partial charge in [0.1, 0.15) is 0 Å². The van der Waals surface area contributed by atoms with Gasteiger partial charge in [-0.3, -0.25) is 0 Å². The van der Waals surface area contributed by atoms with Gasteiger partial charge in [-0.25, -0.2) is 0 Å². The van der Waals surface area contributed by atoms with Gasteiger partial charge in [0, 0.05) is 11.4 Å². The molecule has 3 aromatic carbocycles. The van der Waals surface area contributed by atoms with E-state index in [0.717, 1.165) is 22.3 Å². The highest BCUT2D eigenvalue weighted by Gasteiger charge is 2.02. The lowest BCUT2D eigenvalue weighted by molar-refractivity contribution is 1.59. The molecule has 0 heterocycles. The number of nitrogens with two attached hydrogens (primary N) is 2. The van der Waals surface area contributed by atoms with Gasteiger partial charge >= 0.3 is 0 Å². The highest BCUT2D eigenvalue weighted by atomic mass is 14.6. The fourth-order valence-electron chi connectivity index (χ4n) is 2.46. The van der Waals surface area contributed by atoms with Crippen LogP contribution in [0.3, 0.4) is 0 Å². The fourth-order valence-corrected chi connectivity index (χ4v) is 2.46. The van der Waals surface area contributed by atoms with Crippen LogP contribution in [-0.4, -0.2) is 0 Å². The molecule has 0 bridgehead atoms. The summed E-state index contributed by atoms with van der Waals surface area (Å²) in [6.07, 6.45) is 8.13. The maximum atomic E-state index is 6.11. The Hall–Kier alpha value is -3.26. The van der Waals surface area contributed by atoms with Gasteiger partial charge in [-0.05, 0) is 34.4 Å². The summed E-state index contributed by atoms with van der Waals surface area (Å²) in [5.41, 5.74) is 17.8. The topological polar surface area (TPSA) is 52.0 Å². The molecule has 0 atom stereocenters.